The highest BCUT2D eigenvalue weighted by atomic mass is 16.3. The minimum Gasteiger partial charge on any atom is -0.396 e. The van der Waals surface area contributed by atoms with Crippen molar-refractivity contribution in [2.24, 2.45) is 13.0 Å². The summed E-state index contributed by atoms with van der Waals surface area (Å²) in [6.45, 7) is -0.378. The van der Waals surface area contributed by atoms with Gasteiger partial charge >= 0.3 is 0 Å². The Kier molecular flexibility index (Phi) is 3.74. The maximum atomic E-state index is 12.1. The number of ketones is 1. The Balaban J connectivity index is 2.32. The first-order valence-corrected chi connectivity index (χ1v) is 5.83. The minimum atomic E-state index is -0.399. The first-order chi connectivity index (χ1) is 8.65. The monoisotopic (exact) mass is 248 g/mol. The molecule has 18 heavy (non-hydrogen) atoms. The molecule has 0 bridgehead atoms. The lowest BCUT2D eigenvalue weighted by Gasteiger charge is -2.09. The lowest BCUT2D eigenvalue weighted by molar-refractivity contribution is 0.0880. The summed E-state index contributed by atoms with van der Waals surface area (Å²) in [6.07, 6.45) is 1.94. The number of carbonyl (C=O) groups is 1. The molecule has 0 spiro atoms. The summed E-state index contributed by atoms with van der Waals surface area (Å²) in [6, 6.07) is 5.38. The maximum Gasteiger partial charge on any atom is 0.164 e. The van der Waals surface area contributed by atoms with Gasteiger partial charge in [0.25, 0.3) is 0 Å². The number of Topliss-reactive ketones (excluding diaryl/α,β-unsaturated/α-hetero) is 1. The quantitative estimate of drug-likeness (QED) is 0.765. The van der Waals surface area contributed by atoms with Crippen LogP contribution in [0.3, 0.4) is 0 Å². The lowest BCUT2D eigenvalue weighted by atomic mass is 9.97. The molecule has 96 valence electrons. The lowest BCUT2D eigenvalue weighted by Crippen LogP contribution is -2.16. The zero-order valence-corrected chi connectivity index (χ0v) is 10.2. The smallest absolute Gasteiger partial charge is 0.164 e. The molecule has 1 heterocycles. The van der Waals surface area contributed by atoms with Gasteiger partial charge in [-0.05, 0) is 6.07 Å². The van der Waals surface area contributed by atoms with E-state index >= 15 is 0 Å². The summed E-state index contributed by atoms with van der Waals surface area (Å²) >= 11 is 0. The molecule has 5 nitrogen and oxygen atoms in total. The molecule has 2 rings (SSSR count). The van der Waals surface area contributed by atoms with Gasteiger partial charge in [-0.25, -0.2) is 0 Å². The molecule has 5 heteroatoms. The number of carbonyl (C=O) groups excluding carboxylic acids is 1. The van der Waals surface area contributed by atoms with E-state index in [0.29, 0.717) is 5.56 Å². The molecular formula is C13H16N2O3. The van der Waals surface area contributed by atoms with Crippen LogP contribution in [-0.2, 0) is 7.05 Å². The molecule has 0 aliphatic rings. The van der Waals surface area contributed by atoms with Gasteiger partial charge in [0.15, 0.2) is 5.78 Å². The highest BCUT2D eigenvalue weighted by Gasteiger charge is 2.16. The molecule has 0 fully saturated rings. The summed E-state index contributed by atoms with van der Waals surface area (Å²) in [5.41, 5.74) is 1.36. The highest BCUT2D eigenvalue weighted by Crippen LogP contribution is 2.20. The molecular weight excluding hydrogens is 232 g/mol. The molecule has 0 aliphatic carbocycles. The van der Waals surface area contributed by atoms with Crippen molar-refractivity contribution in [1.29, 1.82) is 0 Å². The van der Waals surface area contributed by atoms with Crippen LogP contribution < -0.4 is 0 Å². The standard InChI is InChI=1S/C13H16N2O3/c1-15-6-11-10(3-2-4-12(11)14-15)13(18)5-9(7-16)8-17/h2-4,6,9,16-17H,5,7-8H2,1H3. The number of benzene rings is 1. The molecule has 0 unspecified atom stereocenters. The number of rotatable bonds is 5. The Morgan fingerprint density at radius 2 is 2.11 bits per heavy atom. The number of aromatic nitrogens is 2. The van der Waals surface area contributed by atoms with Gasteiger partial charge in [-0.2, -0.15) is 5.10 Å². The number of aryl methyl sites for hydroxylation is 1. The van der Waals surface area contributed by atoms with Gasteiger partial charge in [0.1, 0.15) is 0 Å². The molecule has 0 radical (unpaired) electrons. The Bertz CT molecular complexity index is 558. The van der Waals surface area contributed by atoms with Crippen molar-refractivity contribution >= 4 is 16.7 Å². The van der Waals surface area contributed by atoms with Crippen LogP contribution in [0.5, 0.6) is 0 Å². The second kappa shape index (κ2) is 5.29. The second-order valence-electron chi connectivity index (χ2n) is 4.40. The van der Waals surface area contributed by atoms with Crippen molar-refractivity contribution < 1.29 is 15.0 Å². The Morgan fingerprint density at radius 3 is 2.78 bits per heavy atom. The second-order valence-corrected chi connectivity index (χ2v) is 4.40. The number of hydrogen-bond donors (Lipinski definition) is 2. The van der Waals surface area contributed by atoms with Crippen molar-refractivity contribution in [3.05, 3.63) is 30.0 Å². The molecule has 1 aromatic heterocycles. The molecule has 0 aliphatic heterocycles. The molecule has 0 amide bonds. The van der Waals surface area contributed by atoms with E-state index in [-0.39, 0.29) is 25.4 Å². The van der Waals surface area contributed by atoms with Crippen LogP contribution in [0.25, 0.3) is 10.9 Å². The Morgan fingerprint density at radius 1 is 1.39 bits per heavy atom. The van der Waals surface area contributed by atoms with Gasteiger partial charge in [-0.3, -0.25) is 9.48 Å². The van der Waals surface area contributed by atoms with Crippen LogP contribution in [0, 0.1) is 5.92 Å². The van der Waals surface area contributed by atoms with E-state index in [1.165, 1.54) is 0 Å². The summed E-state index contributed by atoms with van der Waals surface area (Å²) in [7, 11) is 1.80. The third-order valence-electron chi connectivity index (χ3n) is 2.96. The first-order valence-electron chi connectivity index (χ1n) is 5.83. The van der Waals surface area contributed by atoms with Gasteiger partial charge in [0.2, 0.25) is 0 Å². The van der Waals surface area contributed by atoms with Crippen LogP contribution >= 0.6 is 0 Å². The Labute approximate surface area is 105 Å². The molecule has 2 N–H and O–H groups in total. The fourth-order valence-corrected chi connectivity index (χ4v) is 1.96. The predicted octanol–water partition coefficient (Wildman–Crippen LogP) is 0.747. The minimum absolute atomic E-state index is 0.0818. The molecule has 1 aromatic carbocycles. The molecule has 0 saturated heterocycles. The van der Waals surface area contributed by atoms with Gasteiger partial charge in [0, 0.05) is 49.7 Å². The fraction of sp³-hybridized carbons (Fsp3) is 0.385. The number of nitrogens with zero attached hydrogens (tertiary/aromatic N) is 2. The summed E-state index contributed by atoms with van der Waals surface area (Å²) in [4.78, 5) is 12.1. The largest absolute Gasteiger partial charge is 0.396 e. The van der Waals surface area contributed by atoms with Crippen molar-refractivity contribution in [1.82, 2.24) is 9.78 Å². The van der Waals surface area contributed by atoms with Gasteiger partial charge in [-0.15, -0.1) is 0 Å². The van der Waals surface area contributed by atoms with Crippen LogP contribution in [0.2, 0.25) is 0 Å². The number of aliphatic hydroxyl groups excluding tert-OH is 2. The number of hydrogen-bond acceptors (Lipinski definition) is 4. The van der Waals surface area contributed by atoms with E-state index in [9.17, 15) is 4.79 Å². The fourth-order valence-electron chi connectivity index (χ4n) is 1.96. The van der Waals surface area contributed by atoms with E-state index in [1.54, 1.807) is 30.1 Å². The normalized spacial score (nSPS) is 11.3. The van der Waals surface area contributed by atoms with Crippen molar-refractivity contribution in [2.75, 3.05) is 13.2 Å². The van der Waals surface area contributed by atoms with Crippen molar-refractivity contribution in [3.63, 3.8) is 0 Å². The SMILES string of the molecule is Cn1cc2c(C(=O)CC(CO)CO)cccc2n1. The predicted molar refractivity (Wildman–Crippen MR) is 67.3 cm³/mol. The van der Waals surface area contributed by atoms with E-state index < -0.39 is 5.92 Å². The third-order valence-corrected chi connectivity index (χ3v) is 2.96. The van der Waals surface area contributed by atoms with E-state index in [2.05, 4.69) is 5.10 Å². The van der Waals surface area contributed by atoms with E-state index in [0.717, 1.165) is 10.9 Å². The van der Waals surface area contributed by atoms with Gasteiger partial charge in [-0.1, -0.05) is 12.1 Å². The number of aliphatic hydroxyl groups is 2. The maximum absolute atomic E-state index is 12.1. The molecule has 2 aromatic rings. The van der Waals surface area contributed by atoms with Gasteiger partial charge < -0.3 is 10.2 Å². The van der Waals surface area contributed by atoms with Crippen LogP contribution in [0.15, 0.2) is 24.4 Å². The third kappa shape index (κ3) is 2.42. The molecule has 0 atom stereocenters. The van der Waals surface area contributed by atoms with Crippen LogP contribution in [-0.4, -0.2) is 39.0 Å². The topological polar surface area (TPSA) is 75.4 Å². The van der Waals surface area contributed by atoms with Crippen LogP contribution in [0.4, 0.5) is 0 Å². The van der Waals surface area contributed by atoms with E-state index in [1.807, 2.05) is 6.07 Å². The van der Waals surface area contributed by atoms with E-state index in [4.69, 9.17) is 10.2 Å². The first kappa shape index (κ1) is 12.7. The average molecular weight is 248 g/mol. The summed E-state index contributed by atoms with van der Waals surface area (Å²) < 4.78 is 1.66. The molecule has 0 saturated carbocycles. The van der Waals surface area contributed by atoms with Crippen molar-refractivity contribution in [2.45, 2.75) is 6.42 Å². The summed E-state index contributed by atoms with van der Waals surface area (Å²) in [5.74, 6) is -0.480. The van der Waals surface area contributed by atoms with Crippen LogP contribution in [0.1, 0.15) is 16.8 Å². The van der Waals surface area contributed by atoms with Crippen molar-refractivity contribution in [3.8, 4) is 0 Å². The zero-order valence-electron chi connectivity index (χ0n) is 10.2. The highest BCUT2D eigenvalue weighted by molar-refractivity contribution is 6.07. The summed E-state index contributed by atoms with van der Waals surface area (Å²) in [5, 5.41) is 23.1. The number of fused-ring (bicyclic) bond motifs is 1. The average Bonchev–Trinajstić information content (AvgIpc) is 2.75. The zero-order chi connectivity index (χ0) is 13.1. The Hall–Kier alpha value is -1.72. The van der Waals surface area contributed by atoms with Gasteiger partial charge in [0.05, 0.1) is 5.52 Å².